The second kappa shape index (κ2) is 6.41. The van der Waals surface area contributed by atoms with Crippen LogP contribution in [0.4, 0.5) is 5.95 Å². The van der Waals surface area contributed by atoms with Crippen molar-refractivity contribution in [3.63, 3.8) is 0 Å². The van der Waals surface area contributed by atoms with E-state index in [9.17, 15) is 0 Å². The lowest BCUT2D eigenvalue weighted by molar-refractivity contribution is 0.557. The zero-order valence-corrected chi connectivity index (χ0v) is 14.0. The van der Waals surface area contributed by atoms with Gasteiger partial charge >= 0.3 is 0 Å². The van der Waals surface area contributed by atoms with Crippen molar-refractivity contribution in [3.8, 4) is 0 Å². The number of anilines is 1. The maximum Gasteiger partial charge on any atom is 0.204 e. The topological polar surface area (TPSA) is 33.1 Å². The highest BCUT2D eigenvalue weighted by Crippen LogP contribution is 2.18. The summed E-state index contributed by atoms with van der Waals surface area (Å²) in [6.45, 7) is 2.97. The first-order valence-corrected chi connectivity index (χ1v) is 7.45. The normalized spacial score (nSPS) is 12.4. The number of hydrogen-bond acceptors (Lipinski definition) is 3. The molecule has 4 nitrogen and oxygen atoms in total. The lowest BCUT2D eigenvalue weighted by atomic mass is 10.1. The van der Waals surface area contributed by atoms with Crippen LogP contribution in [0, 0.1) is 0 Å². The number of imidazole rings is 1. The number of nitrogens with zero attached hydrogens (tertiary/aromatic N) is 3. The molecule has 1 heterocycles. The smallest absolute Gasteiger partial charge is 0.204 e. The van der Waals surface area contributed by atoms with Crippen LogP contribution in [0.3, 0.4) is 0 Å². The fraction of sp³-hybridized carbons (Fsp3) is 0.400. The SMILES string of the molecule is CC(NCc1cnc(N(C)C)n1C)c1cccc(Br)c1. The van der Waals surface area contributed by atoms with E-state index in [-0.39, 0.29) is 0 Å². The van der Waals surface area contributed by atoms with Crippen LogP contribution in [0.2, 0.25) is 0 Å². The van der Waals surface area contributed by atoms with Crippen molar-refractivity contribution in [1.29, 1.82) is 0 Å². The van der Waals surface area contributed by atoms with Gasteiger partial charge in [-0.2, -0.15) is 0 Å². The molecule has 0 aliphatic heterocycles. The zero-order valence-electron chi connectivity index (χ0n) is 12.4. The molecule has 0 bridgehead atoms. The van der Waals surface area contributed by atoms with Gasteiger partial charge in [-0.05, 0) is 24.6 Å². The summed E-state index contributed by atoms with van der Waals surface area (Å²) in [7, 11) is 6.05. The molecule has 1 unspecified atom stereocenters. The summed E-state index contributed by atoms with van der Waals surface area (Å²) in [5.74, 6) is 0.969. The van der Waals surface area contributed by atoms with Crippen LogP contribution in [-0.2, 0) is 13.6 Å². The van der Waals surface area contributed by atoms with E-state index in [2.05, 4.69) is 55.9 Å². The van der Waals surface area contributed by atoms with Gasteiger partial charge in [0.25, 0.3) is 0 Å². The quantitative estimate of drug-likeness (QED) is 0.910. The number of nitrogens with one attached hydrogen (secondary N) is 1. The van der Waals surface area contributed by atoms with Crippen molar-refractivity contribution >= 4 is 21.9 Å². The van der Waals surface area contributed by atoms with Gasteiger partial charge in [-0.25, -0.2) is 4.98 Å². The van der Waals surface area contributed by atoms with Crippen molar-refractivity contribution in [2.45, 2.75) is 19.5 Å². The van der Waals surface area contributed by atoms with E-state index in [0.29, 0.717) is 6.04 Å². The van der Waals surface area contributed by atoms with E-state index < -0.39 is 0 Å². The number of halogens is 1. The summed E-state index contributed by atoms with van der Waals surface area (Å²) in [6, 6.07) is 8.68. The molecular formula is C15H21BrN4. The molecule has 1 N–H and O–H groups in total. The van der Waals surface area contributed by atoms with Crippen LogP contribution in [0.15, 0.2) is 34.9 Å². The van der Waals surface area contributed by atoms with Crippen LogP contribution < -0.4 is 10.2 Å². The average molecular weight is 337 g/mol. The van der Waals surface area contributed by atoms with E-state index >= 15 is 0 Å². The lowest BCUT2D eigenvalue weighted by Gasteiger charge is -2.16. The van der Waals surface area contributed by atoms with Crippen LogP contribution in [0.1, 0.15) is 24.2 Å². The fourth-order valence-electron chi connectivity index (χ4n) is 2.17. The van der Waals surface area contributed by atoms with E-state index in [1.165, 1.54) is 11.3 Å². The number of rotatable bonds is 5. The van der Waals surface area contributed by atoms with Crippen LogP contribution >= 0.6 is 15.9 Å². The molecule has 1 aromatic heterocycles. The van der Waals surface area contributed by atoms with Crippen LogP contribution in [0.25, 0.3) is 0 Å². The van der Waals surface area contributed by atoms with E-state index in [4.69, 9.17) is 0 Å². The van der Waals surface area contributed by atoms with Gasteiger partial charge in [0, 0.05) is 38.2 Å². The molecule has 108 valence electrons. The third kappa shape index (κ3) is 3.41. The van der Waals surface area contributed by atoms with Gasteiger partial charge in [-0.1, -0.05) is 28.1 Å². The first-order chi connectivity index (χ1) is 9.49. The fourth-order valence-corrected chi connectivity index (χ4v) is 2.58. The highest BCUT2D eigenvalue weighted by Gasteiger charge is 2.10. The second-order valence-electron chi connectivity index (χ2n) is 5.16. The molecule has 0 spiro atoms. The Hall–Kier alpha value is -1.33. The molecule has 0 aliphatic rings. The molecule has 5 heteroatoms. The third-order valence-electron chi connectivity index (χ3n) is 3.40. The summed E-state index contributed by atoms with van der Waals surface area (Å²) >= 11 is 3.51. The highest BCUT2D eigenvalue weighted by molar-refractivity contribution is 9.10. The Kier molecular flexibility index (Phi) is 4.83. The summed E-state index contributed by atoms with van der Waals surface area (Å²) in [5, 5.41) is 3.54. The van der Waals surface area contributed by atoms with Crippen molar-refractivity contribution in [2.75, 3.05) is 19.0 Å². The molecule has 20 heavy (non-hydrogen) atoms. The Morgan fingerprint density at radius 3 is 2.75 bits per heavy atom. The largest absolute Gasteiger partial charge is 0.348 e. The number of aromatic nitrogens is 2. The molecule has 0 saturated heterocycles. The molecule has 0 fully saturated rings. The van der Waals surface area contributed by atoms with Crippen molar-refractivity contribution in [1.82, 2.24) is 14.9 Å². The zero-order chi connectivity index (χ0) is 14.7. The minimum Gasteiger partial charge on any atom is -0.348 e. The first kappa shape index (κ1) is 15.1. The lowest BCUT2D eigenvalue weighted by Crippen LogP contribution is -2.20. The summed E-state index contributed by atoms with van der Waals surface area (Å²) < 4.78 is 3.22. The summed E-state index contributed by atoms with van der Waals surface area (Å²) in [6.07, 6.45) is 1.93. The van der Waals surface area contributed by atoms with Gasteiger partial charge in [-0.15, -0.1) is 0 Å². The molecule has 0 radical (unpaired) electrons. The Bertz CT molecular complexity index is 577. The molecule has 0 amide bonds. The Labute approximate surface area is 128 Å². The van der Waals surface area contributed by atoms with Gasteiger partial charge in [0.15, 0.2) is 0 Å². The van der Waals surface area contributed by atoms with Gasteiger partial charge in [0.2, 0.25) is 5.95 Å². The molecule has 1 atom stereocenters. The average Bonchev–Trinajstić information content (AvgIpc) is 2.77. The minimum atomic E-state index is 0.296. The molecule has 2 aromatic rings. The number of benzene rings is 1. The molecule has 0 saturated carbocycles. The van der Waals surface area contributed by atoms with Crippen molar-refractivity contribution in [2.24, 2.45) is 7.05 Å². The van der Waals surface area contributed by atoms with Crippen LogP contribution in [-0.4, -0.2) is 23.6 Å². The van der Waals surface area contributed by atoms with Gasteiger partial charge in [-0.3, -0.25) is 0 Å². The second-order valence-corrected chi connectivity index (χ2v) is 6.08. The third-order valence-corrected chi connectivity index (χ3v) is 3.89. The highest BCUT2D eigenvalue weighted by atomic mass is 79.9. The molecule has 2 rings (SSSR count). The van der Waals surface area contributed by atoms with Gasteiger partial charge < -0.3 is 14.8 Å². The van der Waals surface area contributed by atoms with Gasteiger partial charge in [0.05, 0.1) is 11.9 Å². The predicted octanol–water partition coefficient (Wildman–Crippen LogP) is 3.10. The maximum absolute atomic E-state index is 4.42. The van der Waals surface area contributed by atoms with Crippen molar-refractivity contribution < 1.29 is 0 Å². The summed E-state index contributed by atoms with van der Waals surface area (Å²) in [5.41, 5.74) is 2.45. The van der Waals surface area contributed by atoms with E-state index in [1.807, 2.05) is 38.3 Å². The van der Waals surface area contributed by atoms with E-state index in [0.717, 1.165) is 17.0 Å². The number of hydrogen-bond donors (Lipinski definition) is 1. The molecule has 0 aliphatic carbocycles. The Balaban J connectivity index is 2.02. The van der Waals surface area contributed by atoms with Crippen molar-refractivity contribution in [3.05, 3.63) is 46.2 Å². The Morgan fingerprint density at radius 2 is 2.15 bits per heavy atom. The van der Waals surface area contributed by atoms with Gasteiger partial charge in [0.1, 0.15) is 0 Å². The monoisotopic (exact) mass is 336 g/mol. The first-order valence-electron chi connectivity index (χ1n) is 6.66. The molecule has 1 aromatic carbocycles. The molecular weight excluding hydrogens is 316 g/mol. The predicted molar refractivity (Wildman–Crippen MR) is 86.9 cm³/mol. The Morgan fingerprint density at radius 1 is 1.40 bits per heavy atom. The van der Waals surface area contributed by atoms with Crippen LogP contribution in [0.5, 0.6) is 0 Å². The maximum atomic E-state index is 4.42. The standard InChI is InChI=1S/C15H21BrN4/c1-11(12-6-5-7-13(16)8-12)17-9-14-10-18-15(19(2)3)20(14)4/h5-8,10-11,17H,9H2,1-4H3. The minimum absolute atomic E-state index is 0.296. The summed E-state index contributed by atoms with van der Waals surface area (Å²) in [4.78, 5) is 6.44. The van der Waals surface area contributed by atoms with E-state index in [1.54, 1.807) is 0 Å².